The van der Waals surface area contributed by atoms with E-state index in [9.17, 15) is 8.78 Å². The highest BCUT2D eigenvalue weighted by molar-refractivity contribution is 5.35. The fraction of sp³-hybridized carbons (Fsp3) is 0.647. The number of ether oxygens (including phenoxy) is 1. The molecule has 1 N–H and O–H groups in total. The lowest BCUT2D eigenvalue weighted by Crippen LogP contribution is -2.45. The Balaban J connectivity index is 2.11. The fourth-order valence-corrected chi connectivity index (χ4v) is 3.24. The molecule has 0 aromatic heterocycles. The standard InChI is InChI=1S/C17H25F2NO/c1-12(20-15-10-6-7-11-17(15,2)3)13-8-4-5-9-14(13)21-16(18)19/h4-5,8-9,12,15-16,20H,6-7,10-11H2,1-3H3. The molecule has 2 unspecified atom stereocenters. The summed E-state index contributed by atoms with van der Waals surface area (Å²) in [5, 5.41) is 3.61. The SMILES string of the molecule is CC(NC1CCCCC1(C)C)c1ccccc1OC(F)F. The van der Waals surface area contributed by atoms with Crippen LogP contribution in [0, 0.1) is 5.41 Å². The van der Waals surface area contributed by atoms with Crippen LogP contribution < -0.4 is 10.1 Å². The first-order chi connectivity index (χ1) is 9.90. The largest absolute Gasteiger partial charge is 0.434 e. The highest BCUT2D eigenvalue weighted by Gasteiger charge is 2.33. The van der Waals surface area contributed by atoms with Gasteiger partial charge in [-0.15, -0.1) is 0 Å². The van der Waals surface area contributed by atoms with Crippen molar-refractivity contribution in [2.75, 3.05) is 0 Å². The Kier molecular flexibility index (Phi) is 5.20. The number of benzene rings is 1. The zero-order chi connectivity index (χ0) is 15.5. The minimum atomic E-state index is -2.79. The zero-order valence-corrected chi connectivity index (χ0v) is 13.0. The van der Waals surface area contributed by atoms with Crippen molar-refractivity contribution in [3.05, 3.63) is 29.8 Å². The van der Waals surface area contributed by atoms with Crippen LogP contribution >= 0.6 is 0 Å². The second-order valence-electron chi connectivity index (χ2n) is 6.59. The zero-order valence-electron chi connectivity index (χ0n) is 13.0. The van der Waals surface area contributed by atoms with Gasteiger partial charge in [-0.2, -0.15) is 8.78 Å². The van der Waals surface area contributed by atoms with E-state index in [1.807, 2.05) is 19.1 Å². The van der Waals surface area contributed by atoms with Gasteiger partial charge in [-0.1, -0.05) is 44.9 Å². The Hall–Kier alpha value is -1.16. The van der Waals surface area contributed by atoms with Gasteiger partial charge in [-0.05, 0) is 31.2 Å². The molecule has 1 fully saturated rings. The molecule has 1 aliphatic carbocycles. The summed E-state index contributed by atoms with van der Waals surface area (Å²) in [6.07, 6.45) is 4.83. The van der Waals surface area contributed by atoms with E-state index in [4.69, 9.17) is 0 Å². The average Bonchev–Trinajstić information content (AvgIpc) is 2.41. The van der Waals surface area contributed by atoms with Gasteiger partial charge in [0.25, 0.3) is 0 Å². The maximum atomic E-state index is 12.5. The molecule has 21 heavy (non-hydrogen) atoms. The number of hydrogen-bond donors (Lipinski definition) is 1. The highest BCUT2D eigenvalue weighted by atomic mass is 19.3. The van der Waals surface area contributed by atoms with E-state index in [1.165, 1.54) is 19.3 Å². The minimum Gasteiger partial charge on any atom is -0.434 e. The summed E-state index contributed by atoms with van der Waals surface area (Å²) in [6.45, 7) is 3.78. The summed E-state index contributed by atoms with van der Waals surface area (Å²) in [7, 11) is 0. The second-order valence-corrected chi connectivity index (χ2v) is 6.59. The predicted molar refractivity (Wildman–Crippen MR) is 80.7 cm³/mol. The first-order valence-corrected chi connectivity index (χ1v) is 7.70. The second kappa shape index (κ2) is 6.73. The first kappa shape index (κ1) is 16.2. The number of hydrogen-bond acceptors (Lipinski definition) is 2. The molecule has 0 saturated heterocycles. The monoisotopic (exact) mass is 297 g/mol. The molecule has 118 valence electrons. The summed E-state index contributed by atoms with van der Waals surface area (Å²) in [6, 6.07) is 7.43. The van der Waals surface area contributed by atoms with Crippen molar-refractivity contribution in [1.29, 1.82) is 0 Å². The van der Waals surface area contributed by atoms with Gasteiger partial charge in [0.15, 0.2) is 0 Å². The molecule has 2 atom stereocenters. The highest BCUT2D eigenvalue weighted by Crippen LogP contribution is 2.37. The van der Waals surface area contributed by atoms with Crippen LogP contribution in [0.4, 0.5) is 8.78 Å². The number of halogens is 2. The van der Waals surface area contributed by atoms with Crippen molar-refractivity contribution in [2.45, 2.75) is 65.1 Å². The molecular weight excluding hydrogens is 272 g/mol. The van der Waals surface area contributed by atoms with Crippen LogP contribution in [-0.2, 0) is 0 Å². The van der Waals surface area contributed by atoms with Gasteiger partial charge in [-0.25, -0.2) is 0 Å². The van der Waals surface area contributed by atoms with E-state index >= 15 is 0 Å². The quantitative estimate of drug-likeness (QED) is 0.834. The van der Waals surface area contributed by atoms with Gasteiger partial charge in [0, 0.05) is 17.6 Å². The smallest absolute Gasteiger partial charge is 0.387 e. The van der Waals surface area contributed by atoms with Crippen molar-refractivity contribution < 1.29 is 13.5 Å². The molecule has 0 heterocycles. The fourth-order valence-electron chi connectivity index (χ4n) is 3.24. The Labute approximate surface area is 125 Å². The molecule has 4 heteroatoms. The van der Waals surface area contributed by atoms with Crippen LogP contribution in [0.5, 0.6) is 5.75 Å². The Morgan fingerprint density at radius 3 is 2.62 bits per heavy atom. The maximum Gasteiger partial charge on any atom is 0.387 e. The summed E-state index contributed by atoms with van der Waals surface area (Å²) < 4.78 is 29.6. The van der Waals surface area contributed by atoms with Crippen LogP contribution in [0.3, 0.4) is 0 Å². The molecule has 2 nitrogen and oxygen atoms in total. The van der Waals surface area contributed by atoms with E-state index in [0.29, 0.717) is 6.04 Å². The summed E-state index contributed by atoms with van der Waals surface area (Å²) in [4.78, 5) is 0. The molecule has 2 rings (SSSR count). The Morgan fingerprint density at radius 1 is 1.24 bits per heavy atom. The van der Waals surface area contributed by atoms with E-state index < -0.39 is 6.61 Å². The lowest BCUT2D eigenvalue weighted by Gasteiger charge is -2.41. The molecule has 1 saturated carbocycles. The molecule has 0 spiro atoms. The van der Waals surface area contributed by atoms with Crippen LogP contribution in [0.1, 0.15) is 58.1 Å². The lowest BCUT2D eigenvalue weighted by atomic mass is 9.73. The molecule has 0 bridgehead atoms. The van der Waals surface area contributed by atoms with E-state index in [2.05, 4.69) is 23.9 Å². The number of para-hydroxylation sites is 1. The molecule has 0 radical (unpaired) electrons. The first-order valence-electron chi connectivity index (χ1n) is 7.70. The van der Waals surface area contributed by atoms with Gasteiger partial charge >= 0.3 is 6.61 Å². The minimum absolute atomic E-state index is 0.0117. The Morgan fingerprint density at radius 2 is 1.95 bits per heavy atom. The van der Waals surface area contributed by atoms with Crippen LogP contribution in [-0.4, -0.2) is 12.7 Å². The van der Waals surface area contributed by atoms with E-state index in [0.717, 1.165) is 12.0 Å². The van der Waals surface area contributed by atoms with Crippen molar-refractivity contribution in [1.82, 2.24) is 5.32 Å². The van der Waals surface area contributed by atoms with Gasteiger partial charge in [-0.3, -0.25) is 0 Å². The van der Waals surface area contributed by atoms with Crippen molar-refractivity contribution in [2.24, 2.45) is 5.41 Å². The molecule has 0 aliphatic heterocycles. The van der Waals surface area contributed by atoms with Crippen LogP contribution in [0.15, 0.2) is 24.3 Å². The molecule has 1 aromatic rings. The number of nitrogens with one attached hydrogen (secondary N) is 1. The van der Waals surface area contributed by atoms with E-state index in [1.54, 1.807) is 12.1 Å². The molecular formula is C17H25F2NO. The third-order valence-corrected chi connectivity index (χ3v) is 4.56. The maximum absolute atomic E-state index is 12.5. The van der Waals surface area contributed by atoms with E-state index in [-0.39, 0.29) is 17.2 Å². The van der Waals surface area contributed by atoms with Crippen molar-refractivity contribution >= 4 is 0 Å². The average molecular weight is 297 g/mol. The van der Waals surface area contributed by atoms with Crippen molar-refractivity contribution in [3.63, 3.8) is 0 Å². The lowest BCUT2D eigenvalue weighted by molar-refractivity contribution is -0.0507. The Bertz CT molecular complexity index is 462. The van der Waals surface area contributed by atoms with Crippen LogP contribution in [0.2, 0.25) is 0 Å². The van der Waals surface area contributed by atoms with Crippen molar-refractivity contribution in [3.8, 4) is 5.75 Å². The molecule has 1 aliphatic rings. The predicted octanol–water partition coefficient (Wildman–Crippen LogP) is 4.91. The third-order valence-electron chi connectivity index (χ3n) is 4.56. The van der Waals surface area contributed by atoms with Gasteiger partial charge in [0.05, 0.1) is 0 Å². The normalized spacial score (nSPS) is 23.0. The molecule has 1 aromatic carbocycles. The summed E-state index contributed by atoms with van der Waals surface area (Å²) in [5.41, 5.74) is 1.03. The number of rotatable bonds is 5. The number of alkyl halides is 2. The summed E-state index contributed by atoms with van der Waals surface area (Å²) >= 11 is 0. The topological polar surface area (TPSA) is 21.3 Å². The van der Waals surface area contributed by atoms with Crippen LogP contribution in [0.25, 0.3) is 0 Å². The van der Waals surface area contributed by atoms with Gasteiger partial charge < -0.3 is 10.1 Å². The molecule has 0 amide bonds. The third kappa shape index (κ3) is 4.16. The summed E-state index contributed by atoms with van der Waals surface area (Å²) in [5.74, 6) is 0.265. The van der Waals surface area contributed by atoms with Gasteiger partial charge in [0.2, 0.25) is 0 Å². The van der Waals surface area contributed by atoms with Gasteiger partial charge in [0.1, 0.15) is 5.75 Å².